The maximum Gasteiger partial charge on any atom is 0.416 e. The van der Waals surface area contributed by atoms with Gasteiger partial charge in [-0.3, -0.25) is 37.9 Å². The number of alkyl halides is 9. The molecule has 3 saturated heterocycles. The molecule has 3 aliphatic heterocycles. The van der Waals surface area contributed by atoms with Gasteiger partial charge in [0, 0.05) is 158 Å². The normalized spacial score (nSPS) is 14.7. The number of ketones is 3. The number of Topliss-reactive ketones (excluding diaryl/α,β-unsaturated/α-hetero) is 3. The summed E-state index contributed by atoms with van der Waals surface area (Å²) >= 11 is 3.32. The molecule has 10 aromatic rings. The summed E-state index contributed by atoms with van der Waals surface area (Å²) in [5.74, 6) is 11.7. The van der Waals surface area contributed by atoms with Gasteiger partial charge in [-0.15, -0.1) is 17.9 Å². The predicted octanol–water partition coefficient (Wildman–Crippen LogP) is 17.9. The number of terminal acetylenes is 1. The minimum absolute atomic E-state index is 0.0304. The minimum Gasteiger partial charge on any atom is -0.304 e. The Kier molecular flexibility index (Phi) is 31.2. The maximum absolute atomic E-state index is 14.0. The van der Waals surface area contributed by atoms with E-state index in [-0.39, 0.29) is 66.4 Å². The zero-order valence-corrected chi connectivity index (χ0v) is 69.5. The molecule has 0 aliphatic carbocycles. The Bertz CT molecular complexity index is 5220. The number of aromatic nitrogens is 4. The van der Waals surface area contributed by atoms with Crippen LogP contribution in [0.15, 0.2) is 175 Å². The molecule has 6 aromatic carbocycles. The fourth-order valence-corrected chi connectivity index (χ4v) is 13.4. The number of aryl methyl sites for hydroxylation is 4. The second-order valence-electron chi connectivity index (χ2n) is 30.5. The number of pyridine rings is 2. The van der Waals surface area contributed by atoms with Crippen LogP contribution < -0.4 is 0 Å². The summed E-state index contributed by atoms with van der Waals surface area (Å²) in [7, 11) is 4.96. The molecule has 115 heavy (non-hydrogen) atoms. The molecule has 0 bridgehead atoms. The van der Waals surface area contributed by atoms with E-state index < -0.39 is 43.3 Å². The van der Waals surface area contributed by atoms with Crippen molar-refractivity contribution >= 4 is 52.4 Å². The summed E-state index contributed by atoms with van der Waals surface area (Å²) in [6.07, 6.45) is -1.39. The number of piperazine rings is 3. The van der Waals surface area contributed by atoms with Crippen molar-refractivity contribution in [3.8, 4) is 35.6 Å². The van der Waals surface area contributed by atoms with Crippen LogP contribution in [0.1, 0.15) is 127 Å². The van der Waals surface area contributed by atoms with Gasteiger partial charge in [-0.2, -0.15) is 39.5 Å². The Morgan fingerprint density at radius 3 is 1.26 bits per heavy atom. The number of fused-ring (bicyclic) bond motifs is 2. The number of imidazole rings is 2. The Balaban J connectivity index is 0.000000181. The van der Waals surface area contributed by atoms with E-state index in [0.29, 0.717) is 51.3 Å². The molecule has 0 amide bonds. The van der Waals surface area contributed by atoms with Gasteiger partial charge < -0.3 is 14.7 Å². The highest BCUT2D eigenvalue weighted by molar-refractivity contribution is 9.10. The van der Waals surface area contributed by atoms with Gasteiger partial charge in [-0.05, 0) is 194 Å². The number of likely N-dealkylation sites (N-methyl/N-ethyl adjacent to an activating group) is 3. The van der Waals surface area contributed by atoms with E-state index in [4.69, 9.17) is 6.42 Å². The monoisotopic (exact) mass is 1660 g/mol. The smallest absolute Gasteiger partial charge is 0.304 e. The Morgan fingerprint density at radius 1 is 0.435 bits per heavy atom. The van der Waals surface area contributed by atoms with E-state index in [1.807, 2.05) is 135 Å². The lowest BCUT2D eigenvalue weighted by atomic mass is 9.95. The number of carbonyl (C=O) groups excluding carboxylic acids is 3. The van der Waals surface area contributed by atoms with Gasteiger partial charge in [-0.1, -0.05) is 116 Å². The second kappa shape index (κ2) is 40.2. The summed E-state index contributed by atoms with van der Waals surface area (Å²) in [5, 5.41) is 0. The molecule has 0 unspecified atom stereocenters. The molecule has 0 spiro atoms. The summed E-state index contributed by atoms with van der Waals surface area (Å²) in [4.78, 5) is 59.7. The molecule has 0 atom stereocenters. The first kappa shape index (κ1) is 89.2. The maximum atomic E-state index is 14.0. The minimum atomic E-state index is -4.50. The van der Waals surface area contributed by atoms with Crippen molar-refractivity contribution in [2.45, 2.75) is 112 Å². The van der Waals surface area contributed by atoms with Crippen molar-refractivity contribution < 1.29 is 53.9 Å². The molecule has 3 aliphatic rings. The largest absolute Gasteiger partial charge is 0.416 e. The van der Waals surface area contributed by atoms with E-state index in [9.17, 15) is 53.9 Å². The Labute approximate surface area is 678 Å². The van der Waals surface area contributed by atoms with Crippen molar-refractivity contribution in [2.75, 3.05) is 99.7 Å². The average molecular weight is 1660 g/mol. The molecular formula is C91H98BrF9N10O3Si. The first-order chi connectivity index (χ1) is 54.4. The van der Waals surface area contributed by atoms with Gasteiger partial charge in [0.05, 0.1) is 40.1 Å². The van der Waals surface area contributed by atoms with E-state index in [2.05, 4.69) is 94.4 Å². The highest BCUT2D eigenvalue weighted by atomic mass is 79.9. The molecule has 0 radical (unpaired) electrons. The molecule has 24 heteroatoms. The highest BCUT2D eigenvalue weighted by Crippen LogP contribution is 2.37. The first-order valence-corrected chi connectivity index (χ1v) is 42.3. The number of halogens is 10. The molecule has 13 rings (SSSR count). The number of hydrogen-bond acceptors (Lipinski definition) is 11. The molecule has 13 nitrogen and oxygen atoms in total. The lowest BCUT2D eigenvalue weighted by Crippen LogP contribution is -2.44. The molecule has 3 fully saturated rings. The van der Waals surface area contributed by atoms with Gasteiger partial charge >= 0.3 is 18.5 Å². The number of hydrogen-bond donors (Lipinski definition) is 0. The third-order valence-electron chi connectivity index (χ3n) is 20.3. The summed E-state index contributed by atoms with van der Waals surface area (Å²) in [5.41, 5.74) is 11.2. The molecular weight excluding hydrogens is 1560 g/mol. The predicted molar refractivity (Wildman–Crippen MR) is 444 cm³/mol. The highest BCUT2D eigenvalue weighted by Gasteiger charge is 2.37. The average Bonchev–Trinajstić information content (AvgIpc) is 1.60. The standard InChI is InChI=1S/C31H29F3N4O.C25H27F3N2O.C23H27F3N2O.C7H5BrN2.C5H10Si/c1-22-6-8-25(19-24(22)10-11-30-35-20-27-5-3-4-12-38(27)30)29(39)18-23-7-9-26(28(17-23)31(32,33)34)21-37-15-13-36(2)14-16-37;1-4-5-20-16-21(8-6-18(20)2)24(31)15-19-7-9-22(23(14-19)25(26,27)28)17-30-12-10-29(3)11-13-30;1-16-4-6-20(12-17(16)2)22(29)14-19-7-5-18(13-21(19)23(24,25)26)15-28-10-8-27(3)9-11-28;8-7-9-5-6-3-1-2-4-10(6)7;1-5-6(2,3)4/h3-9,12,17,19-20H,13-16,18,21H2,1-2H3;6-9,14,16H,10-13,15,17H2,1-3H3;4-7,12-13H,8-11,14-15H2,1-3H3;1-5H;1H,2-4H3. The Morgan fingerprint density at radius 2 is 0.817 bits per heavy atom. The van der Waals surface area contributed by atoms with Crippen LogP contribution >= 0.6 is 15.9 Å². The van der Waals surface area contributed by atoms with Crippen LogP contribution in [0.25, 0.3) is 11.0 Å². The number of rotatable bonds is 15. The molecule has 0 N–H and O–H groups in total. The zero-order chi connectivity index (χ0) is 83.5. The van der Waals surface area contributed by atoms with Crippen LogP contribution in [0.5, 0.6) is 0 Å². The molecule has 0 saturated carbocycles. The van der Waals surface area contributed by atoms with Crippen molar-refractivity contribution in [3.63, 3.8) is 0 Å². The third kappa shape index (κ3) is 26.4. The van der Waals surface area contributed by atoms with E-state index in [1.54, 1.807) is 73.8 Å². The van der Waals surface area contributed by atoms with Crippen molar-refractivity contribution in [1.29, 1.82) is 0 Å². The van der Waals surface area contributed by atoms with Gasteiger partial charge in [0.25, 0.3) is 0 Å². The molecule has 7 heterocycles. The number of benzene rings is 6. The van der Waals surface area contributed by atoms with Crippen molar-refractivity contribution in [1.82, 2.24) is 48.2 Å². The lowest BCUT2D eigenvalue weighted by Gasteiger charge is -2.33. The summed E-state index contributed by atoms with van der Waals surface area (Å²) < 4.78 is 129. The van der Waals surface area contributed by atoms with Crippen LogP contribution in [0, 0.1) is 63.3 Å². The van der Waals surface area contributed by atoms with Gasteiger partial charge in [-0.25, -0.2) is 9.97 Å². The van der Waals surface area contributed by atoms with Crippen molar-refractivity contribution in [3.05, 3.63) is 281 Å². The summed E-state index contributed by atoms with van der Waals surface area (Å²) in [6.45, 7) is 26.5. The lowest BCUT2D eigenvalue weighted by molar-refractivity contribution is -0.139. The summed E-state index contributed by atoms with van der Waals surface area (Å²) in [6, 6.07) is 40.4. The van der Waals surface area contributed by atoms with Crippen LogP contribution in [-0.4, -0.2) is 173 Å². The Hall–Kier alpha value is -9.78. The number of carbonyl (C=O) groups is 3. The third-order valence-corrected chi connectivity index (χ3v) is 21.7. The molecule has 604 valence electrons. The van der Waals surface area contributed by atoms with Crippen LogP contribution in [0.3, 0.4) is 0 Å². The quantitative estimate of drug-likeness (QED) is 0.0424. The topological polar surface area (TPSA) is 105 Å². The van der Waals surface area contributed by atoms with Gasteiger partial charge in [0.15, 0.2) is 27.9 Å². The SMILES string of the molecule is Brc1ncc2ccccn12.C#C[Si](C)(C)C.CC#Cc1cc(C(=O)Cc2ccc(CN3CCN(C)CC3)c(C(F)(F)F)c2)ccc1C.Cc1ccc(C(=O)Cc2ccc(CN3CCN(C)CC3)c(C(F)(F)F)c2)cc1C#Cc1ncc2ccccn12.Cc1ccc(C(=O)Cc2ccc(CN3CCN(C)CC3)cc2C(F)(F)F)cc1C. The van der Waals surface area contributed by atoms with E-state index in [0.717, 1.165) is 134 Å². The van der Waals surface area contributed by atoms with Crippen LogP contribution in [0.2, 0.25) is 19.6 Å². The van der Waals surface area contributed by atoms with Crippen LogP contribution in [0.4, 0.5) is 39.5 Å². The van der Waals surface area contributed by atoms with Gasteiger partial charge in [0.2, 0.25) is 0 Å². The number of nitrogens with zero attached hydrogens (tertiary/aromatic N) is 10. The zero-order valence-electron chi connectivity index (χ0n) is 66.9. The fraction of sp³-hybridized carbons (Fsp3) is 0.352. The van der Waals surface area contributed by atoms with E-state index >= 15 is 0 Å². The van der Waals surface area contributed by atoms with Crippen molar-refractivity contribution in [2.24, 2.45) is 0 Å². The van der Waals surface area contributed by atoms with E-state index in [1.165, 1.54) is 24.3 Å². The molecule has 4 aromatic heterocycles. The second-order valence-corrected chi connectivity index (χ2v) is 36.0. The van der Waals surface area contributed by atoms with Crippen LogP contribution in [-0.2, 0) is 57.4 Å². The fourth-order valence-electron chi connectivity index (χ4n) is 13.0. The first-order valence-electron chi connectivity index (χ1n) is 38.0. The van der Waals surface area contributed by atoms with Gasteiger partial charge in [0.1, 0.15) is 8.07 Å².